The zero-order valence-corrected chi connectivity index (χ0v) is 22.4. The summed E-state index contributed by atoms with van der Waals surface area (Å²) in [7, 11) is 4.27. The predicted octanol–water partition coefficient (Wildman–Crippen LogP) is 3.20. The molecule has 1 atom stereocenters. The summed E-state index contributed by atoms with van der Waals surface area (Å²) in [5.41, 5.74) is 1.72. The van der Waals surface area contributed by atoms with Gasteiger partial charge in [0.1, 0.15) is 23.0 Å². The first-order valence-corrected chi connectivity index (χ1v) is 12.1. The van der Waals surface area contributed by atoms with Crippen molar-refractivity contribution in [1.82, 2.24) is 14.8 Å². The fraction of sp³-hybridized carbons (Fsp3) is 0.444. The van der Waals surface area contributed by atoms with E-state index in [-0.39, 0.29) is 29.1 Å². The number of aliphatic hydroxyl groups is 1. The molecule has 0 spiro atoms. The quantitative estimate of drug-likeness (QED) is 0.215. The Morgan fingerprint density at radius 1 is 1.11 bits per heavy atom. The zero-order valence-electron chi connectivity index (χ0n) is 22.4. The summed E-state index contributed by atoms with van der Waals surface area (Å²) in [5.74, 6) is -1.57. The standard InChI is InChI=1S/C27H35N3O7/c1-8-29(9-2)12-13-30-23(18-14-17(35-5)10-11-19(18)36-6)21(25(32)26(30)33)24(31)20-15(3)22(27(34)37-7)28-16(20)4/h10-11,14,23,28,31H,8-9,12-13H2,1-7H3/b24-21+/t23-/m0/s1. The van der Waals surface area contributed by atoms with Crippen LogP contribution in [-0.2, 0) is 14.3 Å². The number of likely N-dealkylation sites (tertiary alicyclic amines) is 1. The molecule has 2 aromatic rings. The van der Waals surface area contributed by atoms with Gasteiger partial charge in [-0.05, 0) is 50.7 Å². The number of ketones is 1. The molecule has 0 radical (unpaired) electrons. The third-order valence-corrected chi connectivity index (χ3v) is 6.89. The fourth-order valence-corrected chi connectivity index (χ4v) is 4.82. The van der Waals surface area contributed by atoms with E-state index < -0.39 is 23.7 Å². The maximum absolute atomic E-state index is 13.5. The molecular weight excluding hydrogens is 478 g/mol. The Morgan fingerprint density at radius 2 is 1.78 bits per heavy atom. The number of carbonyl (C=O) groups excluding carboxylic acids is 3. The molecule has 0 saturated carbocycles. The van der Waals surface area contributed by atoms with Gasteiger partial charge in [-0.1, -0.05) is 13.8 Å². The molecule has 3 rings (SSSR count). The highest BCUT2D eigenvalue weighted by Gasteiger charge is 2.47. The van der Waals surface area contributed by atoms with Gasteiger partial charge < -0.3 is 34.1 Å². The van der Waals surface area contributed by atoms with E-state index in [2.05, 4.69) is 9.88 Å². The maximum Gasteiger partial charge on any atom is 0.354 e. The number of benzene rings is 1. The first-order chi connectivity index (χ1) is 17.6. The van der Waals surface area contributed by atoms with Crippen molar-refractivity contribution in [3.8, 4) is 11.5 Å². The molecule has 1 aliphatic heterocycles. The van der Waals surface area contributed by atoms with E-state index in [9.17, 15) is 19.5 Å². The topological polar surface area (TPSA) is 121 Å². The van der Waals surface area contributed by atoms with Gasteiger partial charge in [-0.15, -0.1) is 0 Å². The summed E-state index contributed by atoms with van der Waals surface area (Å²) < 4.78 is 15.8. The minimum Gasteiger partial charge on any atom is -0.507 e. The molecule has 200 valence electrons. The highest BCUT2D eigenvalue weighted by Crippen LogP contribution is 2.44. The van der Waals surface area contributed by atoms with Crippen molar-refractivity contribution in [2.45, 2.75) is 33.7 Å². The molecule has 0 aliphatic carbocycles. The van der Waals surface area contributed by atoms with Crippen LogP contribution in [0.25, 0.3) is 5.76 Å². The van der Waals surface area contributed by atoms with E-state index >= 15 is 0 Å². The number of esters is 1. The third kappa shape index (κ3) is 5.06. The van der Waals surface area contributed by atoms with Gasteiger partial charge >= 0.3 is 5.97 Å². The van der Waals surface area contributed by atoms with Crippen molar-refractivity contribution in [3.05, 3.63) is 51.9 Å². The number of carbonyl (C=O) groups is 3. The number of Topliss-reactive ketones (excluding diaryl/α,β-unsaturated/α-hetero) is 1. The minimum absolute atomic E-state index is 0.0854. The van der Waals surface area contributed by atoms with Crippen LogP contribution in [0.4, 0.5) is 0 Å². The first-order valence-electron chi connectivity index (χ1n) is 12.1. The summed E-state index contributed by atoms with van der Waals surface area (Å²) in [5, 5.41) is 11.6. The number of aromatic nitrogens is 1. The van der Waals surface area contributed by atoms with Gasteiger partial charge in [-0.2, -0.15) is 0 Å². The maximum atomic E-state index is 13.5. The lowest BCUT2D eigenvalue weighted by Gasteiger charge is -2.29. The van der Waals surface area contributed by atoms with Gasteiger partial charge in [0.05, 0.1) is 32.9 Å². The molecule has 1 amide bonds. The number of likely N-dealkylation sites (N-methyl/N-ethyl adjacent to an activating group) is 1. The van der Waals surface area contributed by atoms with Gasteiger partial charge in [0.25, 0.3) is 11.7 Å². The predicted molar refractivity (Wildman–Crippen MR) is 138 cm³/mol. The third-order valence-electron chi connectivity index (χ3n) is 6.89. The van der Waals surface area contributed by atoms with Crippen molar-refractivity contribution in [2.24, 2.45) is 0 Å². The monoisotopic (exact) mass is 513 g/mol. The summed E-state index contributed by atoms with van der Waals surface area (Å²) in [4.78, 5) is 45.6. The summed E-state index contributed by atoms with van der Waals surface area (Å²) in [6.45, 7) is 9.73. The molecule has 10 heteroatoms. The molecular formula is C27H35N3O7. The number of nitrogens with one attached hydrogen (secondary N) is 1. The van der Waals surface area contributed by atoms with Crippen LogP contribution in [0.2, 0.25) is 0 Å². The average molecular weight is 514 g/mol. The molecule has 10 nitrogen and oxygen atoms in total. The van der Waals surface area contributed by atoms with Crippen LogP contribution < -0.4 is 9.47 Å². The number of aliphatic hydroxyl groups excluding tert-OH is 1. The van der Waals surface area contributed by atoms with Crippen LogP contribution in [0.5, 0.6) is 11.5 Å². The number of aromatic amines is 1. The lowest BCUT2D eigenvalue weighted by atomic mass is 9.93. The molecule has 37 heavy (non-hydrogen) atoms. The number of amides is 1. The van der Waals surface area contributed by atoms with E-state index in [1.807, 2.05) is 13.8 Å². The Morgan fingerprint density at radius 3 is 2.35 bits per heavy atom. The number of methoxy groups -OCH3 is 3. The number of rotatable bonds is 10. The molecule has 1 fully saturated rings. The van der Waals surface area contributed by atoms with Crippen LogP contribution >= 0.6 is 0 Å². The summed E-state index contributed by atoms with van der Waals surface area (Å²) >= 11 is 0. The van der Waals surface area contributed by atoms with Gasteiger partial charge in [0, 0.05) is 29.9 Å². The van der Waals surface area contributed by atoms with Crippen LogP contribution in [0.15, 0.2) is 23.8 Å². The van der Waals surface area contributed by atoms with Crippen LogP contribution in [0, 0.1) is 13.8 Å². The van der Waals surface area contributed by atoms with Crippen LogP contribution in [-0.4, -0.2) is 85.1 Å². The highest BCUT2D eigenvalue weighted by atomic mass is 16.5. The number of ether oxygens (including phenoxy) is 3. The molecule has 2 heterocycles. The lowest BCUT2D eigenvalue weighted by molar-refractivity contribution is -0.140. The van der Waals surface area contributed by atoms with E-state index in [4.69, 9.17) is 14.2 Å². The fourth-order valence-electron chi connectivity index (χ4n) is 4.82. The molecule has 1 aromatic carbocycles. The second kappa shape index (κ2) is 11.5. The van der Waals surface area contributed by atoms with Gasteiger partial charge in [0.15, 0.2) is 0 Å². The molecule has 1 saturated heterocycles. The second-order valence-electron chi connectivity index (χ2n) is 8.74. The Kier molecular flexibility index (Phi) is 8.65. The molecule has 0 unspecified atom stereocenters. The lowest BCUT2D eigenvalue weighted by Crippen LogP contribution is -2.38. The molecule has 0 bridgehead atoms. The Bertz CT molecular complexity index is 1230. The normalized spacial score (nSPS) is 17.0. The van der Waals surface area contributed by atoms with Crippen LogP contribution in [0.3, 0.4) is 0 Å². The second-order valence-corrected chi connectivity index (χ2v) is 8.74. The van der Waals surface area contributed by atoms with Crippen molar-refractivity contribution < 1.29 is 33.7 Å². The van der Waals surface area contributed by atoms with Crippen LogP contribution in [0.1, 0.15) is 52.8 Å². The van der Waals surface area contributed by atoms with E-state index in [0.29, 0.717) is 34.9 Å². The highest BCUT2D eigenvalue weighted by molar-refractivity contribution is 6.46. The van der Waals surface area contributed by atoms with E-state index in [0.717, 1.165) is 13.1 Å². The Hall–Kier alpha value is -3.79. The average Bonchev–Trinajstić information content (AvgIpc) is 3.34. The zero-order chi connectivity index (χ0) is 27.4. The van der Waals surface area contributed by atoms with E-state index in [1.54, 1.807) is 32.0 Å². The minimum atomic E-state index is -0.934. The largest absolute Gasteiger partial charge is 0.507 e. The van der Waals surface area contributed by atoms with Gasteiger partial charge in [0.2, 0.25) is 0 Å². The van der Waals surface area contributed by atoms with E-state index in [1.165, 1.54) is 26.2 Å². The van der Waals surface area contributed by atoms with Crippen molar-refractivity contribution in [1.29, 1.82) is 0 Å². The van der Waals surface area contributed by atoms with Crippen molar-refractivity contribution in [2.75, 3.05) is 47.5 Å². The number of H-pyrrole nitrogens is 1. The SMILES string of the molecule is CCN(CC)CCN1C(=O)C(=O)/C(=C(/O)c2c(C)[nH]c(C(=O)OC)c2C)[C@@H]1c1cc(OC)ccc1OC. The number of nitrogens with zero attached hydrogens (tertiary/aromatic N) is 2. The number of aryl methyl sites for hydroxylation is 1. The summed E-state index contributed by atoms with van der Waals surface area (Å²) in [6.07, 6.45) is 0. The number of hydrogen-bond donors (Lipinski definition) is 2. The first kappa shape index (κ1) is 27.8. The number of hydrogen-bond acceptors (Lipinski definition) is 8. The Balaban J connectivity index is 2.28. The molecule has 1 aromatic heterocycles. The Labute approximate surface area is 216 Å². The van der Waals surface area contributed by atoms with Gasteiger partial charge in [-0.25, -0.2) is 4.79 Å². The van der Waals surface area contributed by atoms with Crippen molar-refractivity contribution >= 4 is 23.4 Å². The molecule has 1 aliphatic rings. The van der Waals surface area contributed by atoms with Crippen molar-refractivity contribution in [3.63, 3.8) is 0 Å². The summed E-state index contributed by atoms with van der Waals surface area (Å²) in [6, 6.07) is 4.17. The smallest absolute Gasteiger partial charge is 0.354 e. The van der Waals surface area contributed by atoms with Gasteiger partial charge in [-0.3, -0.25) is 9.59 Å². The molecule has 2 N–H and O–H groups in total.